The molecule has 0 unspecified atom stereocenters. The van der Waals surface area contributed by atoms with Gasteiger partial charge in [0.15, 0.2) is 0 Å². The molecule has 0 aliphatic carbocycles. The average Bonchev–Trinajstić information content (AvgIpc) is 2.36. The fourth-order valence-electron chi connectivity index (χ4n) is 0.692. The van der Waals surface area contributed by atoms with Crippen molar-refractivity contribution in [3.8, 4) is 0 Å². The first-order valence-corrected chi connectivity index (χ1v) is 5.89. The number of nitrogens with zero attached hydrogens (tertiary/aromatic N) is 3. The summed E-state index contributed by atoms with van der Waals surface area (Å²) in [7, 11) is 0. The van der Waals surface area contributed by atoms with Gasteiger partial charge in [0.1, 0.15) is 0 Å². The van der Waals surface area contributed by atoms with Gasteiger partial charge in [-0.05, 0) is 6.54 Å². The zero-order valence-corrected chi connectivity index (χ0v) is 11.9. The fourth-order valence-corrected chi connectivity index (χ4v) is 0.784. The molecular formula is C8H11N3O5STc. The van der Waals surface area contributed by atoms with Crippen LogP contribution in [0.15, 0.2) is 9.98 Å². The van der Waals surface area contributed by atoms with Crippen LogP contribution in [-0.4, -0.2) is 54.8 Å². The van der Waals surface area contributed by atoms with Crippen molar-refractivity contribution >= 4 is 30.4 Å². The number of aliphatic carboxylic acids is 1. The molecule has 0 saturated carbocycles. The van der Waals surface area contributed by atoms with Crippen molar-refractivity contribution in [2.45, 2.75) is 0 Å². The molecule has 8 nitrogen and oxygen atoms in total. The molecule has 18 heavy (non-hydrogen) atoms. The van der Waals surface area contributed by atoms with Crippen LogP contribution in [0.5, 0.6) is 0 Å². The van der Waals surface area contributed by atoms with E-state index in [0.717, 1.165) is 18.9 Å². The minimum absolute atomic E-state index is 0.0815. The Bertz CT molecular complexity index is 300. The Morgan fingerprint density at radius 2 is 1.67 bits per heavy atom. The van der Waals surface area contributed by atoms with E-state index >= 15 is 0 Å². The fraction of sp³-hybridized carbons (Fsp3) is 0.625. The van der Waals surface area contributed by atoms with Crippen molar-refractivity contribution < 1.29 is 42.5 Å². The number of hydrogen-bond donors (Lipinski definition) is 1. The molecule has 0 amide bonds. The zero-order chi connectivity index (χ0) is 14.4. The van der Waals surface area contributed by atoms with Gasteiger partial charge in [0.2, 0.25) is 0 Å². The van der Waals surface area contributed by atoms with Crippen LogP contribution in [0.3, 0.4) is 0 Å². The number of carboxylic acid groups (broad SMARTS) is 1. The van der Waals surface area contributed by atoms with Crippen LogP contribution in [0, 0.1) is 0 Å². The average molecular weight is 360 g/mol. The molecule has 0 aliphatic rings. The second-order valence-corrected chi connectivity index (χ2v) is 2.92. The predicted molar refractivity (Wildman–Crippen MR) is 58.3 cm³/mol. The minimum atomic E-state index is -1.10. The molecule has 0 bridgehead atoms. The van der Waals surface area contributed by atoms with Crippen LogP contribution in [-0.2, 0) is 39.8 Å². The summed E-state index contributed by atoms with van der Waals surface area (Å²) < 4.78 is 8.22. The van der Waals surface area contributed by atoms with Gasteiger partial charge >= 0.3 is 22.4 Å². The van der Waals surface area contributed by atoms with Crippen molar-refractivity contribution in [3.63, 3.8) is 0 Å². The molecule has 0 aliphatic heterocycles. The summed E-state index contributed by atoms with van der Waals surface area (Å²) >= 11 is 5.35. The quantitative estimate of drug-likeness (QED) is 0.218. The normalized spacial score (nSPS) is 11.7. The maximum atomic E-state index is 10.9. The summed E-state index contributed by atoms with van der Waals surface area (Å²) in [4.78, 5) is 17.1. The topological polar surface area (TPSA) is 139 Å². The van der Waals surface area contributed by atoms with Crippen LogP contribution in [0.2, 0.25) is 0 Å². The standard InChI is InChI=1S/C8H14N3O4S.O.Tc/c12-6(3-9-4-8(14)15)10-1-2-11-7(13)5-16;;/h16H,1-5H2,(H,10,12)(H,11,13)(H,14,15);;/q-1;;+4/p-3/i;;1+1. The van der Waals surface area contributed by atoms with E-state index in [-0.39, 0.29) is 25.4 Å². The number of aliphatic imine (C=N–C) groups is 2. The first-order valence-electron chi connectivity index (χ1n) is 4.55. The van der Waals surface area contributed by atoms with E-state index in [9.17, 15) is 15.0 Å². The molecular weight excluding hydrogens is 349 g/mol. The summed E-state index contributed by atoms with van der Waals surface area (Å²) in [6.07, 6.45) is 0. The Morgan fingerprint density at radius 1 is 1.17 bits per heavy atom. The molecule has 0 spiro atoms. The molecule has 0 aromatic carbocycles. The SMILES string of the molecule is O=C(O)C[N-]CC([O-])=NCCN=C([O-])C[S-].[O]=[99Tc+4]. The summed E-state index contributed by atoms with van der Waals surface area (Å²) in [6.45, 7) is -0.482. The molecule has 0 rings (SSSR count). The van der Waals surface area contributed by atoms with Crippen molar-refractivity contribution in [1.82, 2.24) is 0 Å². The van der Waals surface area contributed by atoms with Gasteiger partial charge in [0.05, 0.1) is 13.1 Å². The van der Waals surface area contributed by atoms with Gasteiger partial charge in [-0.3, -0.25) is 4.79 Å². The Labute approximate surface area is 120 Å². The van der Waals surface area contributed by atoms with Crippen molar-refractivity contribution in [3.05, 3.63) is 5.32 Å². The van der Waals surface area contributed by atoms with Crippen LogP contribution in [0.1, 0.15) is 0 Å². The third-order valence-electron chi connectivity index (χ3n) is 1.29. The molecule has 0 aromatic heterocycles. The van der Waals surface area contributed by atoms with Gasteiger partial charge in [0.25, 0.3) is 5.97 Å². The molecule has 0 aromatic rings. The van der Waals surface area contributed by atoms with Crippen LogP contribution >= 0.6 is 0 Å². The van der Waals surface area contributed by atoms with Crippen LogP contribution in [0.4, 0.5) is 0 Å². The first-order chi connectivity index (χ1) is 8.56. The predicted octanol–water partition coefficient (Wildman–Crippen LogP) is -2.61. The van der Waals surface area contributed by atoms with E-state index in [1.54, 1.807) is 0 Å². The van der Waals surface area contributed by atoms with E-state index in [1.165, 1.54) is 0 Å². The first kappa shape index (κ1) is 19.5. The van der Waals surface area contributed by atoms with Gasteiger partial charge < -0.3 is 43.2 Å². The van der Waals surface area contributed by atoms with Gasteiger partial charge in [-0.2, -0.15) is 0 Å². The Kier molecular flexibility index (Phi) is 15.4. The van der Waals surface area contributed by atoms with Gasteiger partial charge in [-0.25, -0.2) is 0 Å². The molecule has 101 valence electrons. The van der Waals surface area contributed by atoms with E-state index in [1.807, 2.05) is 0 Å². The van der Waals surface area contributed by atoms with Gasteiger partial charge in [0, 0.05) is 0 Å². The van der Waals surface area contributed by atoms with E-state index < -0.39 is 24.3 Å². The van der Waals surface area contributed by atoms with E-state index in [0.29, 0.717) is 0 Å². The number of rotatable bonds is 8. The van der Waals surface area contributed by atoms with Crippen LogP contribution in [0.25, 0.3) is 5.32 Å². The molecule has 0 radical (unpaired) electrons. The van der Waals surface area contributed by atoms with Gasteiger partial charge in [-0.15, -0.1) is 12.3 Å². The molecule has 0 atom stereocenters. The van der Waals surface area contributed by atoms with E-state index in [2.05, 4.69) is 27.9 Å². The maximum absolute atomic E-state index is 10.9. The van der Waals surface area contributed by atoms with Crippen LogP contribution < -0.4 is 10.2 Å². The Balaban J connectivity index is 0. The Morgan fingerprint density at radius 3 is 2.11 bits per heavy atom. The summed E-state index contributed by atoms with van der Waals surface area (Å²) in [5, 5.41) is 33.2. The molecule has 10 heteroatoms. The molecule has 1 N–H and O–H groups in total. The summed E-state index contributed by atoms with van der Waals surface area (Å²) in [5.74, 6) is -2.11. The second kappa shape index (κ2) is 14.2. The van der Waals surface area contributed by atoms with Crippen molar-refractivity contribution in [1.29, 1.82) is 0 Å². The third-order valence-corrected chi connectivity index (χ3v) is 1.54. The summed E-state index contributed by atoms with van der Waals surface area (Å²) in [5.41, 5.74) is 0. The number of hydrogen-bond acceptors (Lipinski definition) is 7. The monoisotopic (exact) mass is 360 g/mol. The second-order valence-electron chi connectivity index (χ2n) is 2.63. The van der Waals surface area contributed by atoms with E-state index in [4.69, 9.17) is 8.61 Å². The van der Waals surface area contributed by atoms with Crippen molar-refractivity contribution in [2.24, 2.45) is 9.98 Å². The Hall–Kier alpha value is -0.831. The third kappa shape index (κ3) is 15.2. The zero-order valence-electron chi connectivity index (χ0n) is 9.24. The molecule has 0 saturated heterocycles. The molecule has 0 fully saturated rings. The van der Waals surface area contributed by atoms with Gasteiger partial charge in [-0.1, -0.05) is 11.8 Å². The summed E-state index contributed by atoms with van der Waals surface area (Å²) in [6, 6.07) is 0. The number of carbonyl (C=O) groups is 1. The van der Waals surface area contributed by atoms with Crippen molar-refractivity contribution in [2.75, 3.05) is 31.9 Å². The number of carboxylic acids is 1. The molecule has 0 heterocycles.